The Balaban J connectivity index is 4.06. The summed E-state index contributed by atoms with van der Waals surface area (Å²) >= 11 is 1.47. The summed E-state index contributed by atoms with van der Waals surface area (Å²) in [5.41, 5.74) is 0. The molecule has 0 heterocycles. The number of unbranched alkanes of at least 4 members (excludes halogenated alkanes) is 25. The molecule has 236 valence electrons. The van der Waals surface area contributed by atoms with E-state index in [1.807, 2.05) is 0 Å². The van der Waals surface area contributed by atoms with Crippen LogP contribution in [-0.4, -0.2) is 19.0 Å². The van der Waals surface area contributed by atoms with Crippen molar-refractivity contribution in [3.8, 4) is 0 Å². The van der Waals surface area contributed by atoms with E-state index < -0.39 is 6.80 Å². The van der Waals surface area contributed by atoms with Crippen molar-refractivity contribution < 1.29 is 13.6 Å². The summed E-state index contributed by atoms with van der Waals surface area (Å²) in [5, 5.41) is 0. The Morgan fingerprint density at radius 3 is 0.949 bits per heavy atom. The molecule has 0 aromatic carbocycles. The molecule has 0 atom stereocenters. The summed E-state index contributed by atoms with van der Waals surface area (Å²) in [7, 11) is 0. The molecule has 0 saturated heterocycles. The molecule has 0 spiro atoms. The van der Waals surface area contributed by atoms with Gasteiger partial charge < -0.3 is 9.05 Å². The maximum Gasteiger partial charge on any atom is 0.389 e. The SMILES string of the molecule is CCCCCCCCCCCCOP(=O)(OCCCCCCCCCCCC)SCCCCCCCCCC. The Bertz CT molecular complexity index is 473. The fraction of sp³-hybridized carbons (Fsp3) is 1.00. The summed E-state index contributed by atoms with van der Waals surface area (Å²) < 4.78 is 25.4. The summed E-state index contributed by atoms with van der Waals surface area (Å²) in [4.78, 5) is 0. The van der Waals surface area contributed by atoms with Gasteiger partial charge in [-0.1, -0.05) is 181 Å². The van der Waals surface area contributed by atoms with Gasteiger partial charge >= 0.3 is 6.80 Å². The van der Waals surface area contributed by atoms with Gasteiger partial charge in [-0.05, 0) is 30.6 Å². The van der Waals surface area contributed by atoms with Gasteiger partial charge in [0.05, 0.1) is 13.2 Å². The third-order valence-electron chi connectivity index (χ3n) is 7.74. The van der Waals surface area contributed by atoms with Crippen molar-refractivity contribution >= 4 is 18.2 Å². The van der Waals surface area contributed by atoms with Crippen molar-refractivity contribution in [2.75, 3.05) is 19.0 Å². The minimum absolute atomic E-state index is 0.580. The van der Waals surface area contributed by atoms with Crippen LogP contribution in [0.15, 0.2) is 0 Å². The van der Waals surface area contributed by atoms with Crippen molar-refractivity contribution in [1.29, 1.82) is 0 Å². The fourth-order valence-electron chi connectivity index (χ4n) is 5.06. The second kappa shape index (κ2) is 33.0. The lowest BCUT2D eigenvalue weighted by Gasteiger charge is -2.18. The minimum Gasteiger partial charge on any atom is -0.301 e. The highest BCUT2D eigenvalue weighted by Gasteiger charge is 2.25. The molecule has 39 heavy (non-hydrogen) atoms. The first kappa shape index (κ1) is 39.5. The van der Waals surface area contributed by atoms with Crippen molar-refractivity contribution in [2.24, 2.45) is 0 Å². The molecular formula is C34H71O3PS. The molecule has 5 heteroatoms. The van der Waals surface area contributed by atoms with E-state index in [1.54, 1.807) is 0 Å². The van der Waals surface area contributed by atoms with Crippen molar-refractivity contribution in [3.63, 3.8) is 0 Å². The molecule has 0 saturated carbocycles. The zero-order valence-electron chi connectivity index (χ0n) is 27.0. The lowest BCUT2D eigenvalue weighted by atomic mass is 10.1. The van der Waals surface area contributed by atoms with Gasteiger partial charge in [-0.3, -0.25) is 0 Å². The van der Waals surface area contributed by atoms with Gasteiger partial charge in [-0.2, -0.15) is 0 Å². The van der Waals surface area contributed by atoms with E-state index >= 15 is 0 Å². The van der Waals surface area contributed by atoms with Crippen LogP contribution in [0, 0.1) is 0 Å². The number of hydrogen-bond acceptors (Lipinski definition) is 4. The first-order chi connectivity index (χ1) is 19.2. The van der Waals surface area contributed by atoms with Gasteiger partial charge in [0.1, 0.15) is 0 Å². The lowest BCUT2D eigenvalue weighted by molar-refractivity contribution is 0.212. The Morgan fingerprint density at radius 1 is 0.385 bits per heavy atom. The molecule has 0 aliphatic heterocycles. The molecule has 0 aliphatic carbocycles. The third kappa shape index (κ3) is 31.3. The van der Waals surface area contributed by atoms with Crippen molar-refractivity contribution in [3.05, 3.63) is 0 Å². The Morgan fingerprint density at radius 2 is 0.641 bits per heavy atom. The largest absolute Gasteiger partial charge is 0.389 e. The van der Waals surface area contributed by atoms with Gasteiger partial charge in [0.15, 0.2) is 0 Å². The zero-order chi connectivity index (χ0) is 28.5. The van der Waals surface area contributed by atoms with E-state index in [-0.39, 0.29) is 0 Å². The second-order valence-electron chi connectivity index (χ2n) is 11.8. The monoisotopic (exact) mass is 590 g/mol. The molecule has 0 radical (unpaired) electrons. The van der Waals surface area contributed by atoms with Gasteiger partial charge in [0.25, 0.3) is 0 Å². The topological polar surface area (TPSA) is 35.5 Å². The highest BCUT2D eigenvalue weighted by atomic mass is 32.7. The van der Waals surface area contributed by atoms with Crippen LogP contribution in [-0.2, 0) is 13.6 Å². The van der Waals surface area contributed by atoms with Crippen LogP contribution < -0.4 is 0 Å². The van der Waals surface area contributed by atoms with Crippen LogP contribution in [0.4, 0.5) is 0 Å². The molecular weight excluding hydrogens is 519 g/mol. The van der Waals surface area contributed by atoms with E-state index in [4.69, 9.17) is 9.05 Å². The molecule has 0 fully saturated rings. The normalized spacial score (nSPS) is 12.0. The molecule has 0 bridgehead atoms. The van der Waals surface area contributed by atoms with E-state index in [1.165, 1.54) is 172 Å². The smallest absolute Gasteiger partial charge is 0.301 e. The van der Waals surface area contributed by atoms with E-state index in [9.17, 15) is 4.57 Å². The minimum atomic E-state index is -3.03. The Kier molecular flexibility index (Phi) is 33.4. The maximum absolute atomic E-state index is 13.5. The molecule has 0 rings (SSSR count). The van der Waals surface area contributed by atoms with E-state index in [2.05, 4.69) is 20.8 Å². The van der Waals surface area contributed by atoms with Gasteiger partial charge in [0.2, 0.25) is 0 Å². The fourth-order valence-corrected chi connectivity index (χ4v) is 8.49. The highest BCUT2D eigenvalue weighted by molar-refractivity contribution is 8.55. The quantitative estimate of drug-likeness (QED) is 0.0551. The lowest BCUT2D eigenvalue weighted by Crippen LogP contribution is -1.99. The Hall–Kier alpha value is 0.500. The first-order valence-electron chi connectivity index (χ1n) is 17.7. The van der Waals surface area contributed by atoms with Crippen molar-refractivity contribution in [1.82, 2.24) is 0 Å². The predicted molar refractivity (Wildman–Crippen MR) is 178 cm³/mol. The Labute approximate surface area is 250 Å². The van der Waals surface area contributed by atoms with E-state index in [0.717, 1.165) is 25.0 Å². The highest BCUT2D eigenvalue weighted by Crippen LogP contribution is 2.61. The van der Waals surface area contributed by atoms with Crippen LogP contribution in [0.5, 0.6) is 0 Å². The summed E-state index contributed by atoms with van der Waals surface area (Å²) in [6.07, 6.45) is 36.4. The van der Waals surface area contributed by atoms with Crippen LogP contribution in [0.3, 0.4) is 0 Å². The molecule has 0 aromatic rings. The van der Waals surface area contributed by atoms with E-state index in [0.29, 0.717) is 13.2 Å². The standard InChI is InChI=1S/C34H71O3PS/c1-4-7-10-13-16-19-21-23-26-29-32-36-38(35,39-34-31-28-25-18-15-12-9-6-3)37-33-30-27-24-22-20-17-14-11-8-5-2/h4-34H2,1-3H3. The van der Waals surface area contributed by atoms with Gasteiger partial charge in [-0.25, -0.2) is 4.57 Å². The second-order valence-corrected chi connectivity index (χ2v) is 16.0. The number of hydrogen-bond donors (Lipinski definition) is 0. The summed E-state index contributed by atoms with van der Waals surface area (Å²) in [6, 6.07) is 0. The molecule has 0 amide bonds. The van der Waals surface area contributed by atoms with Crippen LogP contribution in [0.1, 0.15) is 201 Å². The average Bonchev–Trinajstić information content (AvgIpc) is 2.94. The molecule has 0 aliphatic rings. The van der Waals surface area contributed by atoms with Gasteiger partial charge in [0, 0.05) is 5.75 Å². The molecule has 3 nitrogen and oxygen atoms in total. The molecule has 0 aromatic heterocycles. The zero-order valence-corrected chi connectivity index (χ0v) is 28.7. The van der Waals surface area contributed by atoms with Crippen molar-refractivity contribution in [2.45, 2.75) is 201 Å². The van der Waals surface area contributed by atoms with Gasteiger partial charge in [-0.15, -0.1) is 0 Å². The molecule has 0 N–H and O–H groups in total. The van der Waals surface area contributed by atoms with Crippen LogP contribution in [0.25, 0.3) is 0 Å². The predicted octanol–water partition coefficient (Wildman–Crippen LogP) is 13.8. The van der Waals surface area contributed by atoms with Crippen LogP contribution >= 0.6 is 18.2 Å². The average molecular weight is 591 g/mol. The summed E-state index contributed by atoms with van der Waals surface area (Å²) in [5.74, 6) is 0.891. The molecule has 0 unspecified atom stereocenters. The van der Waals surface area contributed by atoms with Crippen LogP contribution in [0.2, 0.25) is 0 Å². The third-order valence-corrected chi connectivity index (χ3v) is 11.7. The summed E-state index contributed by atoms with van der Waals surface area (Å²) in [6.45, 7) is 4.96. The number of rotatable bonds is 34. The first-order valence-corrected chi connectivity index (χ1v) is 20.9. The maximum atomic E-state index is 13.5.